The summed E-state index contributed by atoms with van der Waals surface area (Å²) < 4.78 is 0. The van der Waals surface area contributed by atoms with Crippen molar-refractivity contribution in [2.24, 2.45) is 0 Å². The number of amides is 1. The molecule has 0 aliphatic rings. The number of hydrogen-bond donors (Lipinski definition) is 4. The van der Waals surface area contributed by atoms with Gasteiger partial charge in [-0.15, -0.1) is 0 Å². The van der Waals surface area contributed by atoms with E-state index in [0.717, 1.165) is 5.56 Å². The van der Waals surface area contributed by atoms with E-state index in [1.54, 1.807) is 0 Å². The molecule has 4 N–H and O–H groups in total. The SMILES string of the molecule is O=C(NC(CCc1ccccc1)C(=O)O)c1c[nH]c(=O)[nH]1. The number of aromatic amines is 2. The Bertz CT molecular complexity index is 675. The van der Waals surface area contributed by atoms with Crippen molar-refractivity contribution in [3.63, 3.8) is 0 Å². The van der Waals surface area contributed by atoms with Gasteiger partial charge in [-0.2, -0.15) is 0 Å². The number of aromatic nitrogens is 2. The first kappa shape index (κ1) is 14.6. The van der Waals surface area contributed by atoms with Crippen LogP contribution in [0.2, 0.25) is 0 Å². The van der Waals surface area contributed by atoms with Gasteiger partial charge < -0.3 is 20.4 Å². The molecule has 0 spiro atoms. The third-order valence-electron chi connectivity index (χ3n) is 3.01. The second-order valence-corrected chi connectivity index (χ2v) is 4.55. The molecule has 0 fully saturated rings. The van der Waals surface area contributed by atoms with E-state index in [0.29, 0.717) is 6.42 Å². The highest BCUT2D eigenvalue weighted by molar-refractivity contribution is 5.94. The lowest BCUT2D eigenvalue weighted by molar-refractivity contribution is -0.139. The fourth-order valence-electron chi connectivity index (χ4n) is 1.90. The van der Waals surface area contributed by atoms with Gasteiger partial charge in [0.1, 0.15) is 11.7 Å². The fourth-order valence-corrected chi connectivity index (χ4v) is 1.90. The molecule has 7 nitrogen and oxygen atoms in total. The van der Waals surface area contributed by atoms with Crippen LogP contribution in [0.15, 0.2) is 41.3 Å². The standard InChI is InChI=1S/C14H15N3O4/c18-12(11-8-15-14(21)17-11)16-10(13(19)20)7-6-9-4-2-1-3-5-9/h1-5,8,10H,6-7H2,(H,16,18)(H,19,20)(H2,15,17,21). The second-order valence-electron chi connectivity index (χ2n) is 4.55. The first-order valence-corrected chi connectivity index (χ1v) is 6.41. The van der Waals surface area contributed by atoms with E-state index < -0.39 is 23.6 Å². The smallest absolute Gasteiger partial charge is 0.326 e. The molecule has 1 heterocycles. The van der Waals surface area contributed by atoms with E-state index >= 15 is 0 Å². The average molecular weight is 289 g/mol. The Hall–Kier alpha value is -2.83. The predicted octanol–water partition coefficient (Wildman–Crippen LogP) is 0.519. The van der Waals surface area contributed by atoms with Crippen LogP contribution in [0.4, 0.5) is 0 Å². The van der Waals surface area contributed by atoms with E-state index in [1.165, 1.54) is 6.20 Å². The van der Waals surface area contributed by atoms with Crippen LogP contribution in [0.1, 0.15) is 22.5 Å². The van der Waals surface area contributed by atoms with Gasteiger partial charge in [-0.25, -0.2) is 9.59 Å². The highest BCUT2D eigenvalue weighted by Gasteiger charge is 2.21. The van der Waals surface area contributed by atoms with E-state index in [2.05, 4.69) is 15.3 Å². The monoisotopic (exact) mass is 289 g/mol. The lowest BCUT2D eigenvalue weighted by atomic mass is 10.1. The lowest BCUT2D eigenvalue weighted by Crippen LogP contribution is -2.41. The highest BCUT2D eigenvalue weighted by atomic mass is 16.4. The summed E-state index contributed by atoms with van der Waals surface area (Å²) in [6.45, 7) is 0. The fraction of sp³-hybridized carbons (Fsp3) is 0.214. The minimum absolute atomic E-state index is 0.00552. The molecule has 2 aromatic rings. The van der Waals surface area contributed by atoms with Gasteiger partial charge in [0, 0.05) is 6.20 Å². The number of carbonyl (C=O) groups is 2. The molecule has 7 heteroatoms. The number of carboxylic acid groups (broad SMARTS) is 1. The maximum absolute atomic E-state index is 11.8. The number of imidazole rings is 1. The first-order chi connectivity index (χ1) is 10.1. The molecule has 0 saturated carbocycles. The van der Waals surface area contributed by atoms with Crippen molar-refractivity contribution in [2.45, 2.75) is 18.9 Å². The molecular weight excluding hydrogens is 274 g/mol. The summed E-state index contributed by atoms with van der Waals surface area (Å²) in [7, 11) is 0. The van der Waals surface area contributed by atoms with Crippen LogP contribution in [-0.4, -0.2) is 33.0 Å². The minimum Gasteiger partial charge on any atom is -0.480 e. The van der Waals surface area contributed by atoms with Gasteiger partial charge >= 0.3 is 11.7 Å². The maximum Gasteiger partial charge on any atom is 0.326 e. The van der Waals surface area contributed by atoms with Gasteiger partial charge in [0.25, 0.3) is 5.91 Å². The molecular formula is C14H15N3O4. The normalized spacial score (nSPS) is 11.8. The van der Waals surface area contributed by atoms with Crippen LogP contribution in [0, 0.1) is 0 Å². The zero-order valence-corrected chi connectivity index (χ0v) is 11.1. The number of H-pyrrole nitrogens is 2. The summed E-state index contributed by atoms with van der Waals surface area (Å²) in [6, 6.07) is 8.38. The third kappa shape index (κ3) is 4.07. The molecule has 0 aliphatic heterocycles. The van der Waals surface area contributed by atoms with Crippen LogP contribution < -0.4 is 11.0 Å². The second kappa shape index (κ2) is 6.56. The highest BCUT2D eigenvalue weighted by Crippen LogP contribution is 2.06. The summed E-state index contributed by atoms with van der Waals surface area (Å²) in [6.07, 6.45) is 2.00. The number of rotatable bonds is 6. The molecule has 1 amide bonds. The van der Waals surface area contributed by atoms with Crippen LogP contribution in [0.3, 0.4) is 0 Å². The van der Waals surface area contributed by atoms with Gasteiger partial charge in [0.2, 0.25) is 0 Å². The Kier molecular flexibility index (Phi) is 4.55. The number of benzene rings is 1. The summed E-state index contributed by atoms with van der Waals surface area (Å²) in [4.78, 5) is 38.5. The van der Waals surface area contributed by atoms with Gasteiger partial charge in [0.05, 0.1) is 0 Å². The number of carbonyl (C=O) groups excluding carboxylic acids is 1. The average Bonchev–Trinajstić information content (AvgIpc) is 2.90. The number of nitrogens with one attached hydrogen (secondary N) is 3. The number of carboxylic acids is 1. The van der Waals surface area contributed by atoms with Crippen LogP contribution in [-0.2, 0) is 11.2 Å². The topological polar surface area (TPSA) is 115 Å². The minimum atomic E-state index is -1.11. The Morgan fingerprint density at radius 2 is 1.95 bits per heavy atom. The summed E-state index contributed by atoms with van der Waals surface area (Å²) in [5, 5.41) is 11.5. The van der Waals surface area contributed by atoms with Crippen molar-refractivity contribution < 1.29 is 14.7 Å². The Labute approximate surface area is 120 Å². The molecule has 0 bridgehead atoms. The molecule has 0 radical (unpaired) electrons. The first-order valence-electron chi connectivity index (χ1n) is 6.41. The molecule has 2 rings (SSSR count). The molecule has 1 atom stereocenters. The number of hydrogen-bond acceptors (Lipinski definition) is 3. The van der Waals surface area contributed by atoms with Crippen LogP contribution in [0.5, 0.6) is 0 Å². The largest absolute Gasteiger partial charge is 0.480 e. The quantitative estimate of drug-likeness (QED) is 0.620. The van der Waals surface area contributed by atoms with Crippen LogP contribution in [0.25, 0.3) is 0 Å². The molecule has 1 aromatic carbocycles. The summed E-state index contributed by atoms with van der Waals surface area (Å²) >= 11 is 0. The summed E-state index contributed by atoms with van der Waals surface area (Å²) in [5.74, 6) is -1.74. The number of aryl methyl sites for hydroxylation is 1. The lowest BCUT2D eigenvalue weighted by Gasteiger charge is -2.13. The van der Waals surface area contributed by atoms with E-state index in [-0.39, 0.29) is 12.1 Å². The predicted molar refractivity (Wildman–Crippen MR) is 75.1 cm³/mol. The zero-order valence-electron chi connectivity index (χ0n) is 11.1. The molecule has 110 valence electrons. The summed E-state index contributed by atoms with van der Waals surface area (Å²) in [5.41, 5.74) is 0.482. The molecule has 0 saturated heterocycles. The van der Waals surface area contributed by atoms with E-state index in [4.69, 9.17) is 5.11 Å². The van der Waals surface area contributed by atoms with Gasteiger partial charge in [-0.05, 0) is 18.4 Å². The molecule has 1 unspecified atom stereocenters. The van der Waals surface area contributed by atoms with Crippen molar-refractivity contribution in [2.75, 3.05) is 0 Å². The van der Waals surface area contributed by atoms with Crippen molar-refractivity contribution in [1.82, 2.24) is 15.3 Å². The Morgan fingerprint density at radius 3 is 2.52 bits per heavy atom. The van der Waals surface area contributed by atoms with Gasteiger partial charge in [0.15, 0.2) is 0 Å². The maximum atomic E-state index is 11.8. The molecule has 21 heavy (non-hydrogen) atoms. The molecule has 1 aromatic heterocycles. The third-order valence-corrected chi connectivity index (χ3v) is 3.01. The van der Waals surface area contributed by atoms with Crippen molar-refractivity contribution in [3.8, 4) is 0 Å². The van der Waals surface area contributed by atoms with Crippen molar-refractivity contribution in [3.05, 3.63) is 58.3 Å². The van der Waals surface area contributed by atoms with Crippen molar-refractivity contribution in [1.29, 1.82) is 0 Å². The Balaban J connectivity index is 1.97. The van der Waals surface area contributed by atoms with Crippen molar-refractivity contribution >= 4 is 11.9 Å². The number of aliphatic carboxylic acids is 1. The van der Waals surface area contributed by atoms with Gasteiger partial charge in [-0.3, -0.25) is 4.79 Å². The van der Waals surface area contributed by atoms with Crippen LogP contribution >= 0.6 is 0 Å². The molecule has 0 aliphatic carbocycles. The van der Waals surface area contributed by atoms with E-state index in [9.17, 15) is 14.4 Å². The van der Waals surface area contributed by atoms with E-state index in [1.807, 2.05) is 30.3 Å². The Morgan fingerprint density at radius 1 is 1.24 bits per heavy atom. The zero-order chi connectivity index (χ0) is 15.2. The van der Waals surface area contributed by atoms with Gasteiger partial charge in [-0.1, -0.05) is 30.3 Å².